The van der Waals surface area contributed by atoms with Crippen LogP contribution in [0.15, 0.2) is 152 Å². The number of imide groups is 1. The summed E-state index contributed by atoms with van der Waals surface area (Å²) in [5.74, 6) is -1.56. The van der Waals surface area contributed by atoms with E-state index >= 15 is 9.59 Å². The zero-order valence-corrected chi connectivity index (χ0v) is 30.9. The summed E-state index contributed by atoms with van der Waals surface area (Å²) in [7, 11) is 0. The van der Waals surface area contributed by atoms with Gasteiger partial charge in [0.2, 0.25) is 11.8 Å². The lowest BCUT2D eigenvalue weighted by Gasteiger charge is -2.44. The molecule has 4 atom stereocenters. The first kappa shape index (κ1) is 33.8. The zero-order chi connectivity index (χ0) is 35.1. The van der Waals surface area contributed by atoms with Crippen molar-refractivity contribution in [2.45, 2.75) is 55.8 Å². The quantitative estimate of drug-likeness (QED) is 0.0737. The van der Waals surface area contributed by atoms with E-state index in [-0.39, 0.29) is 11.8 Å². The molecular formula is C46H44NO2PS. The van der Waals surface area contributed by atoms with Gasteiger partial charge in [0.15, 0.2) is 0 Å². The highest BCUT2D eigenvalue weighted by molar-refractivity contribution is 8.16. The molecule has 0 radical (unpaired) electrons. The first-order valence-electron chi connectivity index (χ1n) is 18.5. The fraction of sp³-hybridized carbons (Fsp3) is 0.261. The molecule has 3 heterocycles. The summed E-state index contributed by atoms with van der Waals surface area (Å²) in [4.78, 5) is 32.6. The smallest absolute Gasteiger partial charge is 0.239 e. The van der Waals surface area contributed by atoms with E-state index in [9.17, 15) is 0 Å². The van der Waals surface area contributed by atoms with Gasteiger partial charge in [0.25, 0.3) is 0 Å². The van der Waals surface area contributed by atoms with Gasteiger partial charge in [-0.1, -0.05) is 190 Å². The van der Waals surface area contributed by atoms with Crippen LogP contribution in [-0.4, -0.2) is 18.0 Å². The molecule has 2 amide bonds. The Morgan fingerprint density at radius 3 is 1.33 bits per heavy atom. The van der Waals surface area contributed by atoms with Crippen molar-refractivity contribution < 1.29 is 9.59 Å². The minimum absolute atomic E-state index is 0.129. The minimum atomic E-state index is -2.82. The van der Waals surface area contributed by atoms with E-state index in [4.69, 9.17) is 11.8 Å². The van der Waals surface area contributed by atoms with Gasteiger partial charge in [-0.3, -0.25) is 9.59 Å². The molecule has 8 rings (SSSR count). The minimum Gasteiger partial charge on any atom is -0.274 e. The van der Waals surface area contributed by atoms with Crippen LogP contribution in [-0.2, 0) is 31.7 Å². The van der Waals surface area contributed by atoms with Crippen LogP contribution in [0.3, 0.4) is 0 Å². The molecule has 3 aliphatic heterocycles. The monoisotopic (exact) mass is 705 g/mol. The average molecular weight is 706 g/mol. The number of anilines is 1. The fourth-order valence-corrected chi connectivity index (χ4v) is 17.9. The van der Waals surface area contributed by atoms with Gasteiger partial charge in [0.1, 0.15) is 0 Å². The molecule has 0 aromatic heterocycles. The van der Waals surface area contributed by atoms with E-state index < -0.39 is 28.2 Å². The molecule has 256 valence electrons. The Labute approximate surface area is 307 Å². The maximum absolute atomic E-state index is 15.5. The number of hydrogen-bond donors (Lipinski definition) is 0. The normalized spacial score (nSPS) is 26.6. The second kappa shape index (κ2) is 13.6. The molecule has 2 saturated heterocycles. The Morgan fingerprint density at radius 1 is 0.529 bits per heavy atom. The predicted octanol–water partition coefficient (Wildman–Crippen LogP) is 11.1. The summed E-state index contributed by atoms with van der Waals surface area (Å²) >= 11 is 7.58. The molecule has 5 aromatic carbocycles. The summed E-state index contributed by atoms with van der Waals surface area (Å²) in [6, 6.07) is 49.2. The summed E-state index contributed by atoms with van der Waals surface area (Å²) in [5, 5.41) is -1.76. The number of nitrogens with zero attached hydrogens (tertiary/aromatic N) is 1. The third-order valence-electron chi connectivity index (χ3n) is 11.8. The van der Waals surface area contributed by atoms with Crippen LogP contribution < -0.4 is 4.90 Å². The number of fused-ring (bicyclic) bond motifs is 5. The lowest BCUT2D eigenvalue weighted by atomic mass is 9.59. The molecule has 2 bridgehead atoms. The number of carbonyl (C=O) groups excluding carboxylic acids is 2. The molecule has 2 fully saturated rings. The van der Waals surface area contributed by atoms with Gasteiger partial charge >= 0.3 is 0 Å². The van der Waals surface area contributed by atoms with E-state index in [2.05, 4.69) is 116 Å². The third-order valence-corrected chi connectivity index (χ3v) is 18.8. The number of para-hydroxylation sites is 1. The highest BCUT2D eigenvalue weighted by Crippen LogP contribution is 2.96. The lowest BCUT2D eigenvalue weighted by molar-refractivity contribution is -0.122. The van der Waals surface area contributed by atoms with Crippen LogP contribution in [0.1, 0.15) is 67.7 Å². The highest BCUT2D eigenvalue weighted by Gasteiger charge is 2.84. The van der Waals surface area contributed by atoms with E-state index in [1.165, 1.54) is 24.2 Å². The number of hydrogen-bond acceptors (Lipinski definition) is 3. The van der Waals surface area contributed by atoms with Crippen molar-refractivity contribution in [3.05, 3.63) is 174 Å². The molecule has 51 heavy (non-hydrogen) atoms. The van der Waals surface area contributed by atoms with Gasteiger partial charge < -0.3 is 0 Å². The van der Waals surface area contributed by atoms with E-state index in [0.717, 1.165) is 58.8 Å². The number of amides is 2. The Bertz CT molecular complexity index is 2000. The van der Waals surface area contributed by atoms with Gasteiger partial charge in [0.05, 0.1) is 27.8 Å². The molecule has 5 aromatic rings. The summed E-state index contributed by atoms with van der Waals surface area (Å²) in [6.07, 6.45) is 7.67. The predicted molar refractivity (Wildman–Crippen MR) is 214 cm³/mol. The van der Waals surface area contributed by atoms with Crippen molar-refractivity contribution in [2.75, 3.05) is 11.1 Å². The van der Waals surface area contributed by atoms with Crippen LogP contribution in [0.5, 0.6) is 0 Å². The number of rotatable bonds is 12. The topological polar surface area (TPSA) is 37.4 Å². The van der Waals surface area contributed by atoms with Crippen molar-refractivity contribution in [3.8, 4) is 0 Å². The molecule has 0 spiro atoms. The van der Waals surface area contributed by atoms with Gasteiger partial charge in [0, 0.05) is 0 Å². The molecule has 3 nitrogen and oxygen atoms in total. The van der Waals surface area contributed by atoms with Gasteiger partial charge in [-0.25, -0.2) is 4.90 Å². The van der Waals surface area contributed by atoms with Crippen molar-refractivity contribution in [1.82, 2.24) is 0 Å². The van der Waals surface area contributed by atoms with E-state index in [1.807, 2.05) is 42.5 Å². The molecule has 5 heteroatoms. The second-order valence-electron chi connectivity index (χ2n) is 14.3. The zero-order valence-electron chi connectivity index (χ0n) is 29.2. The average Bonchev–Trinajstić information content (AvgIpc) is 3.66. The fourth-order valence-electron chi connectivity index (χ4n) is 9.98. The largest absolute Gasteiger partial charge is 0.274 e. The maximum atomic E-state index is 15.5. The van der Waals surface area contributed by atoms with Gasteiger partial charge in [-0.05, 0) is 64.2 Å². The number of carbonyl (C=O) groups is 2. The Hall–Kier alpha value is -4.37. The number of unbranched alkanes of at least 4 members (excludes halogenated alkanes) is 5. The highest BCUT2D eigenvalue weighted by atomic mass is 32.4. The van der Waals surface area contributed by atoms with Crippen molar-refractivity contribution >= 4 is 46.5 Å². The van der Waals surface area contributed by atoms with E-state index in [1.54, 1.807) is 0 Å². The first-order valence-corrected chi connectivity index (χ1v) is 21.5. The maximum Gasteiger partial charge on any atom is 0.239 e. The third kappa shape index (κ3) is 4.79. The second-order valence-corrected chi connectivity index (χ2v) is 19.5. The molecule has 0 N–H and O–H groups in total. The molecule has 0 aliphatic carbocycles. The van der Waals surface area contributed by atoms with Gasteiger partial charge in [-0.15, -0.1) is 0 Å². The summed E-state index contributed by atoms with van der Waals surface area (Å²) in [5.41, 5.74) is 7.17. The molecule has 3 aliphatic rings. The van der Waals surface area contributed by atoms with Crippen LogP contribution in [0, 0.1) is 11.8 Å². The SMILES string of the molecule is CCCCCCCCP1(=S)C2(c3ccccc3)C(c3ccccc3)=C(c3ccccc3)C1(c1ccccc1)C1C(=O)N(c3ccccc3)C(=O)C12. The Kier molecular flexibility index (Phi) is 9.03. The summed E-state index contributed by atoms with van der Waals surface area (Å²) in [6.45, 7) is 2.25. The Balaban J connectivity index is 1.53. The molecule has 4 unspecified atom stereocenters. The van der Waals surface area contributed by atoms with Crippen LogP contribution in [0.2, 0.25) is 0 Å². The Morgan fingerprint density at radius 2 is 0.902 bits per heavy atom. The van der Waals surface area contributed by atoms with Crippen molar-refractivity contribution in [3.63, 3.8) is 0 Å². The van der Waals surface area contributed by atoms with E-state index in [0.29, 0.717) is 5.69 Å². The molecule has 0 saturated carbocycles. The van der Waals surface area contributed by atoms with Gasteiger partial charge in [-0.2, -0.15) is 0 Å². The lowest BCUT2D eigenvalue weighted by Crippen LogP contribution is -2.41. The standard InChI is InChI=1S/C46H44NO2PS/c1-2-3-4-5-6-22-33-50(51)45(36-27-16-9-17-28-36)39(34-23-12-7-13-24-34)40(35-25-14-8-15-26-35)46(50,37-29-18-10-19-30-37)42-41(45)43(48)47(44(42)49)38-31-20-11-21-32-38/h7-21,23-32,41-42H,2-6,22,33H2,1H3. The summed E-state index contributed by atoms with van der Waals surface area (Å²) < 4.78 is 0. The number of allylic oxidation sites excluding steroid dienone is 2. The first-order chi connectivity index (χ1) is 25.0. The van der Waals surface area contributed by atoms with Crippen LogP contribution in [0.25, 0.3) is 11.1 Å². The van der Waals surface area contributed by atoms with Crippen molar-refractivity contribution in [2.24, 2.45) is 11.8 Å². The van der Waals surface area contributed by atoms with Crippen molar-refractivity contribution in [1.29, 1.82) is 0 Å². The molecular weight excluding hydrogens is 662 g/mol. The van der Waals surface area contributed by atoms with Crippen LogP contribution >= 0.6 is 6.04 Å². The number of benzene rings is 5. The van der Waals surface area contributed by atoms with Crippen LogP contribution in [0.4, 0.5) is 5.69 Å².